The number of carbonyl (C=O) groups excluding carboxylic acids is 1. The van der Waals surface area contributed by atoms with Crippen molar-refractivity contribution < 1.29 is 18.3 Å². The van der Waals surface area contributed by atoms with E-state index in [-0.39, 0.29) is 23.6 Å². The van der Waals surface area contributed by atoms with Gasteiger partial charge in [-0.15, -0.1) is 0 Å². The molecule has 100 valence electrons. The summed E-state index contributed by atoms with van der Waals surface area (Å²) in [5, 5.41) is 0. The number of morpholine rings is 1. The van der Waals surface area contributed by atoms with Gasteiger partial charge in [0, 0.05) is 18.2 Å². The summed E-state index contributed by atoms with van der Waals surface area (Å²) in [6.07, 6.45) is 3.60. The molecule has 2 fully saturated rings. The summed E-state index contributed by atoms with van der Waals surface area (Å²) in [5.41, 5.74) is 0.0777. The van der Waals surface area contributed by atoms with Crippen LogP contribution in [0.25, 0.3) is 6.08 Å². The second-order valence-electron chi connectivity index (χ2n) is 4.83. The molecule has 0 aliphatic carbocycles. The molecule has 3 nitrogen and oxygen atoms in total. The molecule has 19 heavy (non-hydrogen) atoms. The van der Waals surface area contributed by atoms with E-state index in [4.69, 9.17) is 4.74 Å². The number of halogens is 2. The molecule has 2 aliphatic rings. The summed E-state index contributed by atoms with van der Waals surface area (Å²) >= 11 is 0. The molecule has 2 atom stereocenters. The average Bonchev–Trinajstić information content (AvgIpc) is 3.02. The van der Waals surface area contributed by atoms with Crippen LogP contribution < -0.4 is 0 Å². The SMILES string of the molecule is O=C(/C=C/c1cc(F)ccc1F)N1CC2CC1CO2. The molecule has 3 rings (SSSR count). The highest BCUT2D eigenvalue weighted by molar-refractivity contribution is 5.92. The third kappa shape index (κ3) is 2.38. The van der Waals surface area contributed by atoms with Crippen molar-refractivity contribution in [2.75, 3.05) is 13.2 Å². The van der Waals surface area contributed by atoms with Gasteiger partial charge in [0.2, 0.25) is 5.91 Å². The predicted octanol–water partition coefficient (Wildman–Crippen LogP) is 1.98. The number of fused-ring (bicyclic) bond motifs is 2. The topological polar surface area (TPSA) is 29.5 Å². The van der Waals surface area contributed by atoms with Crippen molar-refractivity contribution in [1.29, 1.82) is 0 Å². The van der Waals surface area contributed by atoms with Crippen molar-refractivity contribution in [3.05, 3.63) is 41.5 Å². The van der Waals surface area contributed by atoms with Crippen molar-refractivity contribution in [1.82, 2.24) is 4.90 Å². The summed E-state index contributed by atoms with van der Waals surface area (Å²) < 4.78 is 31.8. The van der Waals surface area contributed by atoms with E-state index >= 15 is 0 Å². The number of rotatable bonds is 2. The van der Waals surface area contributed by atoms with Crippen molar-refractivity contribution in [2.45, 2.75) is 18.6 Å². The van der Waals surface area contributed by atoms with E-state index in [2.05, 4.69) is 0 Å². The number of benzene rings is 1. The van der Waals surface area contributed by atoms with Gasteiger partial charge < -0.3 is 9.64 Å². The first-order valence-electron chi connectivity index (χ1n) is 6.19. The zero-order chi connectivity index (χ0) is 13.4. The lowest BCUT2D eigenvalue weighted by Gasteiger charge is -2.25. The Morgan fingerprint density at radius 3 is 2.95 bits per heavy atom. The Labute approximate surface area is 109 Å². The third-order valence-corrected chi connectivity index (χ3v) is 3.55. The van der Waals surface area contributed by atoms with Crippen LogP contribution in [0.2, 0.25) is 0 Å². The van der Waals surface area contributed by atoms with Gasteiger partial charge in [-0.2, -0.15) is 0 Å². The maximum Gasteiger partial charge on any atom is 0.246 e. The maximum atomic E-state index is 13.4. The monoisotopic (exact) mass is 265 g/mol. The molecule has 0 aromatic heterocycles. The highest BCUT2D eigenvalue weighted by Gasteiger charge is 2.40. The van der Waals surface area contributed by atoms with Crippen molar-refractivity contribution in [3.63, 3.8) is 0 Å². The summed E-state index contributed by atoms with van der Waals surface area (Å²) in [6.45, 7) is 1.15. The Bertz CT molecular complexity index is 544. The first-order valence-corrected chi connectivity index (χ1v) is 6.19. The van der Waals surface area contributed by atoms with Gasteiger partial charge in [0.1, 0.15) is 11.6 Å². The van der Waals surface area contributed by atoms with Crippen molar-refractivity contribution in [3.8, 4) is 0 Å². The van der Waals surface area contributed by atoms with Crippen LogP contribution in [0.3, 0.4) is 0 Å². The summed E-state index contributed by atoms with van der Waals surface area (Å²) in [5.74, 6) is -1.25. The predicted molar refractivity (Wildman–Crippen MR) is 65.3 cm³/mol. The van der Waals surface area contributed by atoms with Gasteiger partial charge in [-0.05, 0) is 30.7 Å². The smallest absolute Gasteiger partial charge is 0.246 e. The molecule has 1 aromatic carbocycles. The van der Waals surface area contributed by atoms with Crippen LogP contribution >= 0.6 is 0 Å². The summed E-state index contributed by atoms with van der Waals surface area (Å²) in [7, 11) is 0. The Morgan fingerprint density at radius 1 is 1.42 bits per heavy atom. The lowest BCUT2D eigenvalue weighted by molar-refractivity contribution is -0.130. The molecule has 2 bridgehead atoms. The molecular weight excluding hydrogens is 252 g/mol. The molecular formula is C14H13F2NO2. The van der Waals surface area contributed by atoms with E-state index in [1.165, 1.54) is 12.2 Å². The van der Waals surface area contributed by atoms with E-state index in [9.17, 15) is 13.6 Å². The van der Waals surface area contributed by atoms with Crippen LogP contribution in [0.1, 0.15) is 12.0 Å². The van der Waals surface area contributed by atoms with Gasteiger partial charge in [-0.1, -0.05) is 0 Å². The van der Waals surface area contributed by atoms with Gasteiger partial charge in [0.05, 0.1) is 18.8 Å². The van der Waals surface area contributed by atoms with Gasteiger partial charge >= 0.3 is 0 Å². The molecule has 0 saturated carbocycles. The van der Waals surface area contributed by atoms with Gasteiger partial charge in [0.15, 0.2) is 0 Å². The molecule has 0 spiro atoms. The molecule has 5 heteroatoms. The fraction of sp³-hybridized carbons (Fsp3) is 0.357. The Balaban J connectivity index is 1.72. The third-order valence-electron chi connectivity index (χ3n) is 3.55. The minimum atomic E-state index is -0.545. The standard InChI is InChI=1S/C14H13F2NO2/c15-10-2-3-13(16)9(5-10)1-4-14(18)17-7-12-6-11(17)8-19-12/h1-5,11-12H,6-8H2/b4-1+. The highest BCUT2D eigenvalue weighted by Crippen LogP contribution is 2.27. The molecule has 2 unspecified atom stereocenters. The quantitative estimate of drug-likeness (QED) is 0.765. The number of nitrogens with zero attached hydrogens (tertiary/aromatic N) is 1. The number of ether oxygens (including phenoxy) is 1. The largest absolute Gasteiger partial charge is 0.374 e. The van der Waals surface area contributed by atoms with Gasteiger partial charge in [-0.3, -0.25) is 4.79 Å². The van der Waals surface area contributed by atoms with Crippen molar-refractivity contribution in [2.24, 2.45) is 0 Å². The molecule has 0 N–H and O–H groups in total. The second kappa shape index (κ2) is 4.74. The minimum Gasteiger partial charge on any atom is -0.374 e. The second-order valence-corrected chi connectivity index (χ2v) is 4.83. The van der Waals surface area contributed by atoms with E-state index in [0.29, 0.717) is 13.2 Å². The molecule has 2 saturated heterocycles. The maximum absolute atomic E-state index is 13.4. The zero-order valence-corrected chi connectivity index (χ0v) is 10.2. The Morgan fingerprint density at radius 2 is 2.26 bits per heavy atom. The number of hydrogen-bond donors (Lipinski definition) is 0. The Kier molecular flexibility index (Phi) is 3.06. The van der Waals surface area contributed by atoms with E-state index in [1.807, 2.05) is 0 Å². The first kappa shape index (κ1) is 12.3. The number of amides is 1. The normalized spacial score (nSPS) is 25.5. The number of carbonyl (C=O) groups is 1. The zero-order valence-electron chi connectivity index (χ0n) is 10.2. The lowest BCUT2D eigenvalue weighted by atomic mass is 10.2. The van der Waals surface area contributed by atoms with E-state index in [0.717, 1.165) is 24.6 Å². The van der Waals surface area contributed by atoms with Crippen molar-refractivity contribution >= 4 is 12.0 Å². The minimum absolute atomic E-state index is 0.0777. The van der Waals surface area contributed by atoms with Crippen LogP contribution in [0.15, 0.2) is 24.3 Å². The fourth-order valence-electron chi connectivity index (χ4n) is 2.57. The van der Waals surface area contributed by atoms with Crippen LogP contribution in [-0.4, -0.2) is 36.1 Å². The fourth-order valence-corrected chi connectivity index (χ4v) is 2.57. The lowest BCUT2D eigenvalue weighted by Crippen LogP contribution is -2.40. The molecule has 2 heterocycles. The summed E-state index contributed by atoms with van der Waals surface area (Å²) in [6, 6.07) is 3.29. The van der Waals surface area contributed by atoms with Crippen LogP contribution in [0.5, 0.6) is 0 Å². The number of likely N-dealkylation sites (tertiary alicyclic amines) is 1. The first-order chi connectivity index (χ1) is 9.13. The molecule has 1 aromatic rings. The molecule has 0 radical (unpaired) electrons. The molecule has 2 aliphatic heterocycles. The molecule has 1 amide bonds. The van der Waals surface area contributed by atoms with Crippen LogP contribution in [-0.2, 0) is 9.53 Å². The average molecular weight is 265 g/mol. The number of hydrogen-bond acceptors (Lipinski definition) is 2. The van der Waals surface area contributed by atoms with Crippen LogP contribution in [0, 0.1) is 11.6 Å². The van der Waals surface area contributed by atoms with E-state index < -0.39 is 11.6 Å². The Hall–Kier alpha value is -1.75. The highest BCUT2D eigenvalue weighted by atomic mass is 19.1. The summed E-state index contributed by atoms with van der Waals surface area (Å²) in [4.78, 5) is 13.7. The van der Waals surface area contributed by atoms with E-state index in [1.54, 1.807) is 4.90 Å². The van der Waals surface area contributed by atoms with Gasteiger partial charge in [-0.25, -0.2) is 8.78 Å². The van der Waals surface area contributed by atoms with Gasteiger partial charge in [0.25, 0.3) is 0 Å². The van der Waals surface area contributed by atoms with Crippen LogP contribution in [0.4, 0.5) is 8.78 Å².